The third-order valence-electron chi connectivity index (χ3n) is 5.64. The number of hydrogen-bond donors (Lipinski definition) is 3. The quantitative estimate of drug-likeness (QED) is 0.162. The minimum Gasteiger partial charge on any atom is -0.325 e. The van der Waals surface area contributed by atoms with E-state index in [4.69, 9.17) is 0 Å². The van der Waals surface area contributed by atoms with Crippen LogP contribution in [0.15, 0.2) is 114 Å². The average Bonchev–Trinajstić information content (AvgIpc) is 2.96. The van der Waals surface area contributed by atoms with Gasteiger partial charge in [0, 0.05) is 27.4 Å². The van der Waals surface area contributed by atoms with Gasteiger partial charge in [-0.2, -0.15) is 0 Å². The zero-order valence-electron chi connectivity index (χ0n) is 21.4. The molecule has 1 atom stereocenters. The summed E-state index contributed by atoms with van der Waals surface area (Å²) in [6, 6.07) is 26.6. The molecule has 4 rings (SSSR count). The molecule has 0 bridgehead atoms. The summed E-state index contributed by atoms with van der Waals surface area (Å²) in [5.41, 5.74) is 1.28. The number of carbonyl (C=O) groups is 3. The fourth-order valence-corrected chi connectivity index (χ4v) is 4.41. The van der Waals surface area contributed by atoms with E-state index in [0.29, 0.717) is 16.9 Å². The molecule has 0 fully saturated rings. The number of anilines is 2. The van der Waals surface area contributed by atoms with Gasteiger partial charge < -0.3 is 16.0 Å². The fraction of sp³-hybridized carbons (Fsp3) is 0.0645. The van der Waals surface area contributed by atoms with Crippen LogP contribution in [0.5, 0.6) is 0 Å². The molecular weight excluding hydrogens is 532 g/mol. The topological polar surface area (TPSA) is 87.3 Å². The van der Waals surface area contributed by atoms with E-state index in [-0.39, 0.29) is 23.0 Å². The van der Waals surface area contributed by atoms with Gasteiger partial charge in [-0.25, -0.2) is 8.78 Å². The van der Waals surface area contributed by atoms with Crippen LogP contribution in [0.4, 0.5) is 20.2 Å². The van der Waals surface area contributed by atoms with E-state index in [1.165, 1.54) is 60.3 Å². The summed E-state index contributed by atoms with van der Waals surface area (Å²) >= 11 is 1.31. The summed E-state index contributed by atoms with van der Waals surface area (Å²) in [5.74, 6) is -2.33. The van der Waals surface area contributed by atoms with Crippen molar-refractivity contribution in [2.24, 2.45) is 0 Å². The molecule has 0 aliphatic rings. The van der Waals surface area contributed by atoms with Crippen molar-refractivity contribution in [3.8, 4) is 0 Å². The molecule has 0 saturated heterocycles. The van der Waals surface area contributed by atoms with Crippen molar-refractivity contribution in [3.05, 3.63) is 132 Å². The standard InChI is InChI=1S/C31H25F2N3O3S/c1-20(29(37)34-24-13-11-23(32)12-14-24)40-26-17-15-25(16-18-26)35-31(39)28(19-22-9-5-6-10-27(22)33)36-30(38)21-7-3-2-4-8-21/h2-20H,1H3,(H,34,37)(H,35,39)(H,36,38)/b28-19-. The first-order chi connectivity index (χ1) is 19.3. The number of thioether (sulfide) groups is 1. The highest BCUT2D eigenvalue weighted by molar-refractivity contribution is 8.00. The molecule has 0 aliphatic carbocycles. The van der Waals surface area contributed by atoms with E-state index >= 15 is 0 Å². The lowest BCUT2D eigenvalue weighted by Gasteiger charge is -2.13. The smallest absolute Gasteiger partial charge is 0.272 e. The largest absolute Gasteiger partial charge is 0.325 e. The molecule has 6 nitrogen and oxygen atoms in total. The van der Waals surface area contributed by atoms with Crippen molar-refractivity contribution in [1.29, 1.82) is 0 Å². The zero-order valence-corrected chi connectivity index (χ0v) is 22.2. The monoisotopic (exact) mass is 557 g/mol. The van der Waals surface area contributed by atoms with Gasteiger partial charge in [-0.3, -0.25) is 14.4 Å². The second-order valence-electron chi connectivity index (χ2n) is 8.63. The predicted octanol–water partition coefficient (Wildman–Crippen LogP) is 6.49. The van der Waals surface area contributed by atoms with E-state index in [0.717, 1.165) is 4.90 Å². The van der Waals surface area contributed by atoms with Crippen molar-refractivity contribution < 1.29 is 23.2 Å². The lowest BCUT2D eigenvalue weighted by Crippen LogP contribution is -2.30. The molecule has 0 aromatic heterocycles. The Morgan fingerprint density at radius 1 is 0.750 bits per heavy atom. The molecule has 0 spiro atoms. The van der Waals surface area contributed by atoms with Crippen LogP contribution < -0.4 is 16.0 Å². The summed E-state index contributed by atoms with van der Waals surface area (Å²) < 4.78 is 27.4. The van der Waals surface area contributed by atoms with Gasteiger partial charge in [0.05, 0.1) is 5.25 Å². The van der Waals surface area contributed by atoms with Crippen LogP contribution in [0.1, 0.15) is 22.8 Å². The predicted molar refractivity (Wildman–Crippen MR) is 154 cm³/mol. The van der Waals surface area contributed by atoms with Gasteiger partial charge in [0.25, 0.3) is 11.8 Å². The molecule has 0 heterocycles. The lowest BCUT2D eigenvalue weighted by molar-refractivity contribution is -0.115. The number of rotatable bonds is 9. The van der Waals surface area contributed by atoms with Crippen LogP contribution in [0.3, 0.4) is 0 Å². The molecule has 0 radical (unpaired) electrons. The Labute approximate surface area is 234 Å². The molecule has 202 valence electrons. The number of nitrogens with one attached hydrogen (secondary N) is 3. The second kappa shape index (κ2) is 13.3. The van der Waals surface area contributed by atoms with Crippen molar-refractivity contribution in [2.75, 3.05) is 10.6 Å². The van der Waals surface area contributed by atoms with Gasteiger partial charge in [0.2, 0.25) is 5.91 Å². The van der Waals surface area contributed by atoms with E-state index < -0.39 is 22.9 Å². The first kappa shape index (κ1) is 28.3. The zero-order chi connectivity index (χ0) is 28.5. The van der Waals surface area contributed by atoms with Crippen LogP contribution in [0.25, 0.3) is 6.08 Å². The van der Waals surface area contributed by atoms with Crippen LogP contribution in [-0.2, 0) is 9.59 Å². The van der Waals surface area contributed by atoms with Gasteiger partial charge in [-0.15, -0.1) is 11.8 Å². The van der Waals surface area contributed by atoms with Crippen molar-refractivity contribution >= 4 is 46.9 Å². The Balaban J connectivity index is 1.43. The minimum atomic E-state index is -0.639. The van der Waals surface area contributed by atoms with Gasteiger partial charge >= 0.3 is 0 Å². The fourth-order valence-electron chi connectivity index (χ4n) is 3.54. The highest BCUT2D eigenvalue weighted by atomic mass is 32.2. The van der Waals surface area contributed by atoms with Crippen molar-refractivity contribution in [1.82, 2.24) is 5.32 Å². The highest BCUT2D eigenvalue weighted by Gasteiger charge is 2.17. The molecule has 4 aromatic carbocycles. The van der Waals surface area contributed by atoms with E-state index in [1.807, 2.05) is 0 Å². The van der Waals surface area contributed by atoms with Crippen molar-refractivity contribution in [3.63, 3.8) is 0 Å². The number of halogens is 2. The molecule has 3 N–H and O–H groups in total. The third kappa shape index (κ3) is 7.87. The third-order valence-corrected chi connectivity index (χ3v) is 6.75. The molecule has 0 aliphatic heterocycles. The first-order valence-corrected chi connectivity index (χ1v) is 13.1. The Hall–Kier alpha value is -4.76. The summed E-state index contributed by atoms with van der Waals surface area (Å²) in [4.78, 5) is 39.2. The van der Waals surface area contributed by atoms with Crippen LogP contribution in [0, 0.1) is 11.6 Å². The lowest BCUT2D eigenvalue weighted by atomic mass is 10.1. The molecule has 1 unspecified atom stereocenters. The van der Waals surface area contributed by atoms with Gasteiger partial charge in [0.1, 0.15) is 17.3 Å². The van der Waals surface area contributed by atoms with Crippen LogP contribution >= 0.6 is 11.8 Å². The Morgan fingerprint density at radius 2 is 1.35 bits per heavy atom. The number of carbonyl (C=O) groups excluding carboxylic acids is 3. The maximum atomic E-state index is 14.3. The maximum Gasteiger partial charge on any atom is 0.272 e. The number of hydrogen-bond acceptors (Lipinski definition) is 4. The van der Waals surface area contributed by atoms with E-state index in [1.54, 1.807) is 67.6 Å². The van der Waals surface area contributed by atoms with Gasteiger partial charge in [-0.1, -0.05) is 36.4 Å². The molecule has 4 aromatic rings. The van der Waals surface area contributed by atoms with E-state index in [9.17, 15) is 23.2 Å². The van der Waals surface area contributed by atoms with Gasteiger partial charge in [-0.05, 0) is 79.7 Å². The normalized spacial score (nSPS) is 11.8. The minimum absolute atomic E-state index is 0.136. The highest BCUT2D eigenvalue weighted by Crippen LogP contribution is 2.26. The SMILES string of the molecule is CC(Sc1ccc(NC(=O)/C(=C/c2ccccc2F)NC(=O)c2ccccc2)cc1)C(=O)Nc1ccc(F)cc1. The molecule has 3 amide bonds. The van der Waals surface area contributed by atoms with Gasteiger partial charge in [0.15, 0.2) is 0 Å². The summed E-state index contributed by atoms with van der Waals surface area (Å²) in [7, 11) is 0. The van der Waals surface area contributed by atoms with Crippen LogP contribution in [-0.4, -0.2) is 23.0 Å². The number of benzene rings is 4. The summed E-state index contributed by atoms with van der Waals surface area (Å²) in [5, 5.41) is 7.58. The first-order valence-electron chi connectivity index (χ1n) is 12.3. The molecule has 40 heavy (non-hydrogen) atoms. The Kier molecular flexibility index (Phi) is 9.43. The van der Waals surface area contributed by atoms with E-state index in [2.05, 4.69) is 16.0 Å². The summed E-state index contributed by atoms with van der Waals surface area (Å²) in [6.45, 7) is 1.74. The number of amides is 3. The van der Waals surface area contributed by atoms with Crippen LogP contribution in [0.2, 0.25) is 0 Å². The van der Waals surface area contributed by atoms with Crippen molar-refractivity contribution in [2.45, 2.75) is 17.1 Å². The molecular formula is C31H25F2N3O3S. The summed E-state index contributed by atoms with van der Waals surface area (Å²) in [6.07, 6.45) is 1.27. The Bertz CT molecular complexity index is 1530. The molecule has 0 saturated carbocycles. The average molecular weight is 558 g/mol. The Morgan fingerprint density at radius 3 is 2.02 bits per heavy atom. The second-order valence-corrected chi connectivity index (χ2v) is 10.0. The molecule has 9 heteroatoms. The maximum absolute atomic E-state index is 14.3.